The van der Waals surface area contributed by atoms with Gasteiger partial charge in [0.25, 0.3) is 5.91 Å². The van der Waals surface area contributed by atoms with Crippen molar-refractivity contribution in [3.63, 3.8) is 0 Å². The summed E-state index contributed by atoms with van der Waals surface area (Å²) in [6, 6.07) is 0. The van der Waals surface area contributed by atoms with E-state index in [4.69, 9.17) is 0 Å². The molecule has 0 aliphatic heterocycles. The van der Waals surface area contributed by atoms with Gasteiger partial charge in [-0.3, -0.25) is 4.79 Å². The Labute approximate surface area is 107 Å². The molecular weight excluding hydrogens is 230 g/mol. The molecule has 1 N–H and O–H groups in total. The first-order valence-corrected chi connectivity index (χ1v) is 6.15. The van der Waals surface area contributed by atoms with Crippen LogP contribution in [0.15, 0.2) is 6.33 Å². The minimum atomic E-state index is -0.249. The predicted octanol–water partition coefficient (Wildman–Crippen LogP) is 1.62. The van der Waals surface area contributed by atoms with Gasteiger partial charge in [-0.1, -0.05) is 13.8 Å². The summed E-state index contributed by atoms with van der Waals surface area (Å²) in [5.74, 6) is 0.0517. The zero-order valence-electron chi connectivity index (χ0n) is 11.1. The number of rotatable bonds is 6. The SMILES string of the molecule is CCC(C)c1ncnc(C(=O)NCCC=O)c1C. The molecule has 0 aliphatic carbocycles. The van der Waals surface area contributed by atoms with Gasteiger partial charge in [0.2, 0.25) is 0 Å². The van der Waals surface area contributed by atoms with Crippen molar-refractivity contribution >= 4 is 12.2 Å². The van der Waals surface area contributed by atoms with Gasteiger partial charge in [-0.05, 0) is 19.3 Å². The van der Waals surface area contributed by atoms with Gasteiger partial charge in [0, 0.05) is 18.5 Å². The molecule has 0 aliphatic rings. The number of nitrogens with one attached hydrogen (secondary N) is 1. The van der Waals surface area contributed by atoms with Crippen LogP contribution in [0.2, 0.25) is 0 Å². The number of aldehydes is 1. The number of hydrogen-bond acceptors (Lipinski definition) is 4. The zero-order valence-corrected chi connectivity index (χ0v) is 11.1. The molecule has 0 spiro atoms. The van der Waals surface area contributed by atoms with E-state index in [1.54, 1.807) is 0 Å². The molecule has 1 aromatic rings. The number of carbonyl (C=O) groups is 2. The minimum Gasteiger partial charge on any atom is -0.350 e. The standard InChI is InChI=1S/C13H19N3O2/c1-4-9(2)11-10(3)12(16-8-15-11)13(18)14-6-5-7-17/h7-9H,4-6H2,1-3H3,(H,14,18). The first-order valence-electron chi connectivity index (χ1n) is 6.15. The van der Waals surface area contributed by atoms with E-state index in [0.717, 1.165) is 24.0 Å². The van der Waals surface area contributed by atoms with Gasteiger partial charge in [0.15, 0.2) is 0 Å². The highest BCUT2D eigenvalue weighted by atomic mass is 16.2. The van der Waals surface area contributed by atoms with Crippen LogP contribution >= 0.6 is 0 Å². The van der Waals surface area contributed by atoms with Crippen LogP contribution < -0.4 is 5.32 Å². The molecule has 0 saturated carbocycles. The Balaban J connectivity index is 2.89. The van der Waals surface area contributed by atoms with Crippen LogP contribution in [0, 0.1) is 6.92 Å². The van der Waals surface area contributed by atoms with Crippen molar-refractivity contribution in [2.24, 2.45) is 0 Å². The molecule has 0 aromatic carbocycles. The van der Waals surface area contributed by atoms with Crippen LogP contribution in [-0.4, -0.2) is 28.7 Å². The zero-order chi connectivity index (χ0) is 13.5. The highest BCUT2D eigenvalue weighted by Crippen LogP contribution is 2.20. The van der Waals surface area contributed by atoms with Crippen LogP contribution in [0.1, 0.15) is 54.4 Å². The van der Waals surface area contributed by atoms with Crippen molar-refractivity contribution in [2.45, 2.75) is 39.5 Å². The van der Waals surface area contributed by atoms with Crippen LogP contribution in [-0.2, 0) is 4.79 Å². The van der Waals surface area contributed by atoms with E-state index in [1.807, 2.05) is 6.92 Å². The van der Waals surface area contributed by atoms with E-state index < -0.39 is 0 Å². The fourth-order valence-corrected chi connectivity index (χ4v) is 1.71. The van der Waals surface area contributed by atoms with Crippen LogP contribution in [0.4, 0.5) is 0 Å². The third kappa shape index (κ3) is 3.35. The lowest BCUT2D eigenvalue weighted by Gasteiger charge is -2.13. The molecule has 0 saturated heterocycles. The molecule has 0 fully saturated rings. The summed E-state index contributed by atoms with van der Waals surface area (Å²) in [6.07, 6.45) is 3.47. The minimum absolute atomic E-state index is 0.249. The van der Waals surface area contributed by atoms with Gasteiger partial charge < -0.3 is 10.1 Å². The maximum Gasteiger partial charge on any atom is 0.270 e. The summed E-state index contributed by atoms with van der Waals surface area (Å²) < 4.78 is 0. The van der Waals surface area contributed by atoms with E-state index in [1.165, 1.54) is 6.33 Å². The Bertz CT molecular complexity index is 432. The monoisotopic (exact) mass is 249 g/mol. The van der Waals surface area contributed by atoms with Crippen molar-refractivity contribution in [3.8, 4) is 0 Å². The summed E-state index contributed by atoms with van der Waals surface area (Å²) in [6.45, 7) is 6.35. The number of amides is 1. The van der Waals surface area contributed by atoms with Crippen molar-refractivity contribution in [1.82, 2.24) is 15.3 Å². The molecular formula is C13H19N3O2. The van der Waals surface area contributed by atoms with E-state index in [2.05, 4.69) is 29.1 Å². The van der Waals surface area contributed by atoms with Gasteiger partial charge in [-0.15, -0.1) is 0 Å². The molecule has 5 heteroatoms. The third-order valence-corrected chi connectivity index (χ3v) is 2.97. The summed E-state index contributed by atoms with van der Waals surface area (Å²) in [7, 11) is 0. The van der Waals surface area contributed by atoms with Crippen molar-refractivity contribution < 1.29 is 9.59 Å². The second-order valence-electron chi connectivity index (χ2n) is 4.25. The first-order chi connectivity index (χ1) is 8.61. The van der Waals surface area contributed by atoms with Gasteiger partial charge in [-0.2, -0.15) is 0 Å². The quantitative estimate of drug-likeness (QED) is 0.614. The second kappa shape index (κ2) is 6.83. The Hall–Kier alpha value is -1.78. The lowest BCUT2D eigenvalue weighted by Crippen LogP contribution is -2.27. The lowest BCUT2D eigenvalue weighted by atomic mass is 9.99. The van der Waals surface area contributed by atoms with E-state index in [9.17, 15) is 9.59 Å². The molecule has 1 unspecified atom stereocenters. The molecule has 1 heterocycles. The molecule has 1 rings (SSSR count). The summed E-state index contributed by atoms with van der Waals surface area (Å²) in [5, 5.41) is 2.66. The maximum atomic E-state index is 11.9. The number of aromatic nitrogens is 2. The predicted molar refractivity (Wildman–Crippen MR) is 68.5 cm³/mol. The average molecular weight is 249 g/mol. The van der Waals surface area contributed by atoms with Gasteiger partial charge in [0.1, 0.15) is 18.3 Å². The Morgan fingerprint density at radius 3 is 2.83 bits per heavy atom. The largest absolute Gasteiger partial charge is 0.350 e. The smallest absolute Gasteiger partial charge is 0.270 e. The van der Waals surface area contributed by atoms with Crippen LogP contribution in [0.5, 0.6) is 0 Å². The van der Waals surface area contributed by atoms with Crippen molar-refractivity contribution in [1.29, 1.82) is 0 Å². The topological polar surface area (TPSA) is 72.0 Å². The molecule has 1 amide bonds. The highest BCUT2D eigenvalue weighted by Gasteiger charge is 2.16. The van der Waals surface area contributed by atoms with Crippen molar-refractivity contribution in [3.05, 3.63) is 23.3 Å². The Kier molecular flexibility index (Phi) is 5.42. The van der Waals surface area contributed by atoms with E-state index in [-0.39, 0.29) is 5.91 Å². The normalized spacial score (nSPS) is 11.9. The second-order valence-corrected chi connectivity index (χ2v) is 4.25. The molecule has 0 bridgehead atoms. The summed E-state index contributed by atoms with van der Waals surface area (Å²) in [5.41, 5.74) is 2.12. The molecule has 1 aromatic heterocycles. The van der Waals surface area contributed by atoms with E-state index in [0.29, 0.717) is 24.6 Å². The van der Waals surface area contributed by atoms with Crippen LogP contribution in [0.25, 0.3) is 0 Å². The van der Waals surface area contributed by atoms with Crippen molar-refractivity contribution in [2.75, 3.05) is 6.54 Å². The van der Waals surface area contributed by atoms with Gasteiger partial charge in [0.05, 0.1) is 5.69 Å². The summed E-state index contributed by atoms with van der Waals surface area (Å²) in [4.78, 5) is 30.3. The Morgan fingerprint density at radius 1 is 1.50 bits per heavy atom. The maximum absolute atomic E-state index is 11.9. The fourth-order valence-electron chi connectivity index (χ4n) is 1.71. The molecule has 1 atom stereocenters. The third-order valence-electron chi connectivity index (χ3n) is 2.97. The fraction of sp³-hybridized carbons (Fsp3) is 0.538. The molecule has 0 radical (unpaired) electrons. The first kappa shape index (κ1) is 14.3. The van der Waals surface area contributed by atoms with Gasteiger partial charge in [-0.25, -0.2) is 9.97 Å². The Morgan fingerprint density at radius 2 is 2.22 bits per heavy atom. The van der Waals surface area contributed by atoms with Crippen LogP contribution in [0.3, 0.4) is 0 Å². The molecule has 18 heavy (non-hydrogen) atoms. The average Bonchev–Trinajstić information content (AvgIpc) is 2.38. The number of nitrogens with zero attached hydrogens (tertiary/aromatic N) is 2. The highest BCUT2D eigenvalue weighted by molar-refractivity contribution is 5.93. The van der Waals surface area contributed by atoms with E-state index >= 15 is 0 Å². The summed E-state index contributed by atoms with van der Waals surface area (Å²) >= 11 is 0. The molecule has 5 nitrogen and oxygen atoms in total. The number of carbonyl (C=O) groups excluding carboxylic acids is 2. The number of hydrogen-bond donors (Lipinski definition) is 1. The van der Waals surface area contributed by atoms with Gasteiger partial charge >= 0.3 is 0 Å². The molecule has 98 valence electrons. The lowest BCUT2D eigenvalue weighted by molar-refractivity contribution is -0.107.